The van der Waals surface area contributed by atoms with Gasteiger partial charge in [-0.3, -0.25) is 0 Å². The molecule has 2 rings (SSSR count). The zero-order valence-corrected chi connectivity index (χ0v) is 14.0. The molecule has 0 spiro atoms. The monoisotopic (exact) mass is 310 g/mol. The molecule has 1 unspecified atom stereocenters. The normalized spacial score (nSPS) is 22.1. The molecule has 1 aliphatic rings. The molecule has 1 atom stereocenters. The molecule has 1 aromatic rings. The molecule has 21 heavy (non-hydrogen) atoms. The fourth-order valence-electron chi connectivity index (χ4n) is 3.11. The second-order valence-corrected chi connectivity index (χ2v) is 8.47. The molecule has 0 aromatic heterocycles. The summed E-state index contributed by atoms with van der Waals surface area (Å²) in [7, 11) is -1.58. The Balaban J connectivity index is 2.13. The Bertz CT molecular complexity index is 582. The Labute approximate surface area is 128 Å². The highest BCUT2D eigenvalue weighted by atomic mass is 32.2. The van der Waals surface area contributed by atoms with E-state index in [4.69, 9.17) is 0 Å². The van der Waals surface area contributed by atoms with Gasteiger partial charge < -0.3 is 5.32 Å². The van der Waals surface area contributed by atoms with Crippen molar-refractivity contribution in [3.05, 3.63) is 29.8 Å². The van der Waals surface area contributed by atoms with Crippen LogP contribution in [-0.2, 0) is 16.6 Å². The number of rotatable bonds is 5. The van der Waals surface area contributed by atoms with Crippen molar-refractivity contribution in [2.24, 2.45) is 5.41 Å². The van der Waals surface area contributed by atoms with E-state index < -0.39 is 10.0 Å². The van der Waals surface area contributed by atoms with Crippen LogP contribution in [0, 0.1) is 5.41 Å². The standard InChI is InChI=1S/C16H26N2O2S/c1-16(2)9-5-7-14(11-16)18-21(19,20)15-8-4-6-13(10-15)12-17-3/h4,6,8,10,14,17-18H,5,7,9,11-12H2,1-3H3. The van der Waals surface area contributed by atoms with Crippen molar-refractivity contribution in [2.75, 3.05) is 7.05 Å². The van der Waals surface area contributed by atoms with Gasteiger partial charge in [-0.1, -0.05) is 32.4 Å². The van der Waals surface area contributed by atoms with Crippen molar-refractivity contribution in [3.8, 4) is 0 Å². The summed E-state index contributed by atoms with van der Waals surface area (Å²) in [4.78, 5) is 0.360. The molecule has 0 radical (unpaired) electrons. The lowest BCUT2D eigenvalue weighted by molar-refractivity contribution is 0.212. The highest BCUT2D eigenvalue weighted by molar-refractivity contribution is 7.89. The van der Waals surface area contributed by atoms with Crippen LogP contribution in [0.3, 0.4) is 0 Å². The third-order valence-electron chi connectivity index (χ3n) is 4.12. The van der Waals surface area contributed by atoms with Crippen LogP contribution < -0.4 is 10.0 Å². The van der Waals surface area contributed by atoms with E-state index in [-0.39, 0.29) is 11.5 Å². The van der Waals surface area contributed by atoms with Gasteiger partial charge in [0.05, 0.1) is 4.90 Å². The molecule has 1 fully saturated rings. The molecule has 118 valence electrons. The maximum Gasteiger partial charge on any atom is 0.240 e. The summed E-state index contributed by atoms with van der Waals surface area (Å²) < 4.78 is 28.0. The lowest BCUT2D eigenvalue weighted by Crippen LogP contribution is -2.40. The van der Waals surface area contributed by atoms with Crippen molar-refractivity contribution in [1.29, 1.82) is 0 Å². The molecule has 2 N–H and O–H groups in total. The van der Waals surface area contributed by atoms with Crippen LogP contribution in [0.4, 0.5) is 0 Å². The van der Waals surface area contributed by atoms with Crippen molar-refractivity contribution in [1.82, 2.24) is 10.0 Å². The molecule has 5 heteroatoms. The van der Waals surface area contributed by atoms with Gasteiger partial charge in [0.2, 0.25) is 10.0 Å². The number of hydrogen-bond donors (Lipinski definition) is 2. The van der Waals surface area contributed by atoms with Crippen LogP contribution >= 0.6 is 0 Å². The lowest BCUT2D eigenvalue weighted by atomic mass is 9.75. The first-order chi connectivity index (χ1) is 9.82. The smallest absolute Gasteiger partial charge is 0.240 e. The maximum absolute atomic E-state index is 12.5. The first kappa shape index (κ1) is 16.5. The van der Waals surface area contributed by atoms with Gasteiger partial charge in [-0.15, -0.1) is 0 Å². The van der Waals surface area contributed by atoms with E-state index in [9.17, 15) is 8.42 Å². The third-order valence-corrected chi connectivity index (χ3v) is 5.63. The van der Waals surface area contributed by atoms with Gasteiger partial charge in [0.1, 0.15) is 0 Å². The molecular formula is C16H26N2O2S. The first-order valence-electron chi connectivity index (χ1n) is 7.58. The van der Waals surface area contributed by atoms with Gasteiger partial charge in [0.15, 0.2) is 0 Å². The number of benzene rings is 1. The quantitative estimate of drug-likeness (QED) is 0.879. The zero-order chi connectivity index (χ0) is 15.5. The Morgan fingerprint density at radius 2 is 2.10 bits per heavy atom. The molecule has 0 aliphatic heterocycles. The molecule has 0 bridgehead atoms. The van der Waals surface area contributed by atoms with Crippen LogP contribution in [0.25, 0.3) is 0 Å². The first-order valence-corrected chi connectivity index (χ1v) is 9.07. The Hall–Kier alpha value is -0.910. The summed E-state index contributed by atoms with van der Waals surface area (Å²) in [5.41, 5.74) is 1.20. The van der Waals surface area contributed by atoms with Crippen molar-refractivity contribution < 1.29 is 8.42 Å². The average Bonchev–Trinajstić information content (AvgIpc) is 2.37. The number of nitrogens with one attached hydrogen (secondary N) is 2. The number of sulfonamides is 1. The largest absolute Gasteiger partial charge is 0.316 e. The van der Waals surface area contributed by atoms with E-state index in [2.05, 4.69) is 23.9 Å². The minimum atomic E-state index is -3.43. The van der Waals surface area contributed by atoms with Gasteiger partial charge >= 0.3 is 0 Å². The van der Waals surface area contributed by atoms with E-state index >= 15 is 0 Å². The minimum absolute atomic E-state index is 0.0479. The Morgan fingerprint density at radius 1 is 1.33 bits per heavy atom. The van der Waals surface area contributed by atoms with E-state index in [1.165, 1.54) is 6.42 Å². The van der Waals surface area contributed by atoms with E-state index in [0.29, 0.717) is 11.4 Å². The van der Waals surface area contributed by atoms with Crippen LogP contribution in [0.1, 0.15) is 45.1 Å². The maximum atomic E-state index is 12.5. The van der Waals surface area contributed by atoms with Gasteiger partial charge in [0, 0.05) is 12.6 Å². The van der Waals surface area contributed by atoms with Crippen LogP contribution in [0.2, 0.25) is 0 Å². The van der Waals surface area contributed by atoms with Gasteiger partial charge in [-0.2, -0.15) is 0 Å². The van der Waals surface area contributed by atoms with E-state index in [1.807, 2.05) is 13.1 Å². The highest BCUT2D eigenvalue weighted by Crippen LogP contribution is 2.35. The van der Waals surface area contributed by atoms with Crippen LogP contribution in [-0.4, -0.2) is 21.5 Å². The fraction of sp³-hybridized carbons (Fsp3) is 0.625. The summed E-state index contributed by atoms with van der Waals surface area (Å²) in [5, 5.41) is 3.04. The molecule has 4 nitrogen and oxygen atoms in total. The molecule has 1 aliphatic carbocycles. The fourth-order valence-corrected chi connectivity index (χ4v) is 4.45. The summed E-state index contributed by atoms with van der Waals surface area (Å²) in [5.74, 6) is 0. The van der Waals surface area contributed by atoms with Gasteiger partial charge in [0.25, 0.3) is 0 Å². The van der Waals surface area contributed by atoms with Crippen LogP contribution in [0.15, 0.2) is 29.2 Å². The molecule has 0 heterocycles. The second kappa shape index (κ2) is 6.46. The Morgan fingerprint density at radius 3 is 2.76 bits per heavy atom. The predicted octanol–water partition coefficient (Wildman–Crippen LogP) is 2.65. The Kier molecular flexibility index (Phi) is 5.07. The van der Waals surface area contributed by atoms with Crippen molar-refractivity contribution in [2.45, 2.75) is 57.0 Å². The van der Waals surface area contributed by atoms with Crippen molar-refractivity contribution >= 4 is 10.0 Å². The van der Waals surface area contributed by atoms with E-state index in [0.717, 1.165) is 24.8 Å². The summed E-state index contributed by atoms with van der Waals surface area (Å²) in [6, 6.07) is 7.18. The molecule has 0 amide bonds. The van der Waals surface area contributed by atoms with Gasteiger partial charge in [-0.05, 0) is 49.4 Å². The van der Waals surface area contributed by atoms with Crippen molar-refractivity contribution in [3.63, 3.8) is 0 Å². The molecule has 1 saturated carbocycles. The topological polar surface area (TPSA) is 58.2 Å². The lowest BCUT2D eigenvalue weighted by Gasteiger charge is -2.35. The van der Waals surface area contributed by atoms with E-state index in [1.54, 1.807) is 18.2 Å². The summed E-state index contributed by atoms with van der Waals surface area (Å²) >= 11 is 0. The second-order valence-electron chi connectivity index (χ2n) is 6.76. The van der Waals surface area contributed by atoms with Crippen LogP contribution in [0.5, 0.6) is 0 Å². The molecule has 1 aromatic carbocycles. The summed E-state index contributed by atoms with van der Waals surface area (Å²) in [6.45, 7) is 5.09. The van der Waals surface area contributed by atoms with Gasteiger partial charge in [-0.25, -0.2) is 13.1 Å². The zero-order valence-electron chi connectivity index (χ0n) is 13.1. The average molecular weight is 310 g/mol. The third kappa shape index (κ3) is 4.53. The highest BCUT2D eigenvalue weighted by Gasteiger charge is 2.30. The minimum Gasteiger partial charge on any atom is -0.316 e. The summed E-state index contributed by atoms with van der Waals surface area (Å²) in [6.07, 6.45) is 4.09. The SMILES string of the molecule is CNCc1cccc(S(=O)(=O)NC2CCCC(C)(C)C2)c1. The number of hydrogen-bond acceptors (Lipinski definition) is 3. The molecule has 0 saturated heterocycles. The predicted molar refractivity (Wildman–Crippen MR) is 85.6 cm³/mol. The molecular weight excluding hydrogens is 284 g/mol.